The molecule has 1 aliphatic rings. The van der Waals surface area contributed by atoms with Gasteiger partial charge in [-0.1, -0.05) is 6.42 Å². The van der Waals surface area contributed by atoms with Gasteiger partial charge in [-0.05, 0) is 41.8 Å². The Balaban J connectivity index is 2.27. The summed E-state index contributed by atoms with van der Waals surface area (Å²) in [6.45, 7) is 2.00. The van der Waals surface area contributed by atoms with Gasteiger partial charge in [0.1, 0.15) is 0 Å². The van der Waals surface area contributed by atoms with Crippen LogP contribution >= 0.6 is 27.3 Å². The molecule has 2 unspecified atom stereocenters. The van der Waals surface area contributed by atoms with Crippen molar-refractivity contribution in [1.29, 1.82) is 0 Å². The van der Waals surface area contributed by atoms with Gasteiger partial charge < -0.3 is 5.73 Å². The van der Waals surface area contributed by atoms with E-state index in [0.29, 0.717) is 6.42 Å². The van der Waals surface area contributed by atoms with Gasteiger partial charge in [-0.15, -0.1) is 11.3 Å². The molecule has 3 nitrogen and oxygen atoms in total. The van der Waals surface area contributed by atoms with Crippen LogP contribution in [-0.4, -0.2) is 19.4 Å². The van der Waals surface area contributed by atoms with Crippen LogP contribution in [0.2, 0.25) is 0 Å². The average Bonchev–Trinajstić information content (AvgIpc) is 2.58. The quantitative estimate of drug-likeness (QED) is 0.902. The Bertz CT molecular complexity index is 490. The molecule has 0 radical (unpaired) electrons. The Morgan fingerprint density at radius 1 is 1.53 bits per heavy atom. The minimum Gasteiger partial charge on any atom is -0.322 e. The SMILES string of the molecule is Cc1sc(C(N)C2CCCCS2(=O)=O)cc1Br. The fraction of sp³-hybridized carbons (Fsp3) is 0.636. The smallest absolute Gasteiger partial charge is 0.155 e. The van der Waals surface area contributed by atoms with Crippen LogP contribution in [0.4, 0.5) is 0 Å². The highest BCUT2D eigenvalue weighted by Crippen LogP contribution is 2.35. The van der Waals surface area contributed by atoms with Crippen molar-refractivity contribution in [2.24, 2.45) is 5.73 Å². The number of aryl methyl sites for hydroxylation is 1. The highest BCUT2D eigenvalue weighted by atomic mass is 79.9. The fourth-order valence-corrected chi connectivity index (χ4v) is 5.95. The summed E-state index contributed by atoms with van der Waals surface area (Å²) >= 11 is 5.02. The number of rotatable bonds is 2. The Kier molecular flexibility index (Phi) is 3.97. The maximum Gasteiger partial charge on any atom is 0.155 e. The van der Waals surface area contributed by atoms with Gasteiger partial charge in [-0.25, -0.2) is 8.42 Å². The van der Waals surface area contributed by atoms with E-state index in [1.165, 1.54) is 0 Å². The molecule has 1 aromatic rings. The van der Waals surface area contributed by atoms with E-state index < -0.39 is 15.1 Å². The molecule has 2 heterocycles. The molecular weight excluding hydrogens is 322 g/mol. The van der Waals surface area contributed by atoms with E-state index in [0.717, 1.165) is 27.1 Å². The Morgan fingerprint density at radius 2 is 2.24 bits per heavy atom. The van der Waals surface area contributed by atoms with Crippen molar-refractivity contribution >= 4 is 37.1 Å². The number of halogens is 1. The van der Waals surface area contributed by atoms with Gasteiger partial charge in [-0.2, -0.15) is 0 Å². The number of thiophene rings is 1. The van der Waals surface area contributed by atoms with Crippen molar-refractivity contribution in [3.8, 4) is 0 Å². The molecule has 0 aliphatic carbocycles. The zero-order valence-electron chi connectivity index (χ0n) is 9.65. The molecule has 2 rings (SSSR count). The van der Waals surface area contributed by atoms with E-state index in [-0.39, 0.29) is 11.8 Å². The van der Waals surface area contributed by atoms with E-state index in [1.807, 2.05) is 13.0 Å². The Labute approximate surface area is 114 Å². The summed E-state index contributed by atoms with van der Waals surface area (Å²) in [5.74, 6) is 0.289. The minimum atomic E-state index is -3.01. The van der Waals surface area contributed by atoms with Crippen molar-refractivity contribution in [3.05, 3.63) is 20.3 Å². The third-order valence-corrected chi connectivity index (χ3v) is 7.78. The second-order valence-corrected chi connectivity index (χ2v) is 8.96. The van der Waals surface area contributed by atoms with Gasteiger partial charge in [0.05, 0.1) is 17.0 Å². The van der Waals surface area contributed by atoms with E-state index in [1.54, 1.807) is 11.3 Å². The van der Waals surface area contributed by atoms with Gasteiger partial charge in [-0.3, -0.25) is 0 Å². The molecule has 17 heavy (non-hydrogen) atoms. The Hall–Kier alpha value is 0.0900. The lowest BCUT2D eigenvalue weighted by molar-refractivity contribution is 0.507. The van der Waals surface area contributed by atoms with E-state index in [2.05, 4.69) is 15.9 Å². The third-order valence-electron chi connectivity index (χ3n) is 3.23. The van der Waals surface area contributed by atoms with Crippen LogP contribution < -0.4 is 5.73 Å². The standard InChI is InChI=1S/C11H16BrNO2S2/c1-7-8(12)6-9(16-7)11(13)10-4-2-3-5-17(10,14)15/h6,10-11H,2-5,13H2,1H3. The van der Waals surface area contributed by atoms with Crippen molar-refractivity contribution < 1.29 is 8.42 Å². The third kappa shape index (κ3) is 2.75. The van der Waals surface area contributed by atoms with E-state index in [4.69, 9.17) is 5.73 Å². The summed E-state index contributed by atoms with van der Waals surface area (Å²) < 4.78 is 25.0. The molecule has 0 saturated carbocycles. The first-order chi connectivity index (χ1) is 7.92. The lowest BCUT2D eigenvalue weighted by atomic mass is 10.1. The maximum atomic E-state index is 12.0. The molecule has 1 fully saturated rings. The zero-order chi connectivity index (χ0) is 12.6. The number of hydrogen-bond donors (Lipinski definition) is 1. The lowest BCUT2D eigenvalue weighted by Gasteiger charge is -2.26. The maximum absolute atomic E-state index is 12.0. The second kappa shape index (κ2) is 4.99. The topological polar surface area (TPSA) is 60.2 Å². The van der Waals surface area contributed by atoms with Gasteiger partial charge in [0.25, 0.3) is 0 Å². The van der Waals surface area contributed by atoms with Gasteiger partial charge in [0.15, 0.2) is 9.84 Å². The average molecular weight is 338 g/mol. The predicted molar refractivity (Wildman–Crippen MR) is 75.1 cm³/mol. The normalized spacial score (nSPS) is 25.7. The summed E-state index contributed by atoms with van der Waals surface area (Å²) in [5.41, 5.74) is 6.14. The van der Waals surface area contributed by atoms with Gasteiger partial charge in [0.2, 0.25) is 0 Å². The molecule has 0 aromatic carbocycles. The number of nitrogens with two attached hydrogens (primary N) is 1. The van der Waals surface area contributed by atoms with Crippen molar-refractivity contribution in [2.45, 2.75) is 37.5 Å². The highest BCUT2D eigenvalue weighted by molar-refractivity contribution is 9.10. The van der Waals surface area contributed by atoms with Crippen LogP contribution in [0.15, 0.2) is 10.5 Å². The predicted octanol–water partition coefficient (Wildman–Crippen LogP) is 2.79. The molecule has 1 saturated heterocycles. The van der Waals surface area contributed by atoms with Crippen molar-refractivity contribution in [1.82, 2.24) is 0 Å². The van der Waals surface area contributed by atoms with E-state index in [9.17, 15) is 8.42 Å². The largest absolute Gasteiger partial charge is 0.322 e. The van der Waals surface area contributed by atoms with E-state index >= 15 is 0 Å². The molecule has 2 N–H and O–H groups in total. The second-order valence-electron chi connectivity index (χ2n) is 4.48. The fourth-order valence-electron chi connectivity index (χ4n) is 2.21. The number of sulfone groups is 1. The molecule has 96 valence electrons. The monoisotopic (exact) mass is 337 g/mol. The first-order valence-electron chi connectivity index (χ1n) is 5.65. The molecule has 0 spiro atoms. The molecule has 0 bridgehead atoms. The van der Waals surface area contributed by atoms with Crippen LogP contribution in [0.25, 0.3) is 0 Å². The molecule has 0 amide bonds. The van der Waals surface area contributed by atoms with Crippen LogP contribution in [0.1, 0.15) is 35.1 Å². The zero-order valence-corrected chi connectivity index (χ0v) is 12.9. The molecule has 1 aromatic heterocycles. The molecular formula is C11H16BrNO2S2. The van der Waals surface area contributed by atoms with Crippen LogP contribution in [0, 0.1) is 6.92 Å². The van der Waals surface area contributed by atoms with Crippen molar-refractivity contribution in [3.63, 3.8) is 0 Å². The summed E-state index contributed by atoms with van der Waals surface area (Å²) in [6.07, 6.45) is 2.43. The molecule has 2 atom stereocenters. The molecule has 1 aliphatic heterocycles. The molecule has 6 heteroatoms. The number of hydrogen-bond acceptors (Lipinski definition) is 4. The summed E-state index contributed by atoms with van der Waals surface area (Å²) in [6, 6.07) is 1.57. The Morgan fingerprint density at radius 3 is 2.76 bits per heavy atom. The summed E-state index contributed by atoms with van der Waals surface area (Å²) in [5, 5.41) is -0.402. The highest BCUT2D eigenvalue weighted by Gasteiger charge is 2.35. The van der Waals surface area contributed by atoms with Gasteiger partial charge >= 0.3 is 0 Å². The van der Waals surface area contributed by atoms with Crippen LogP contribution in [0.3, 0.4) is 0 Å². The van der Waals surface area contributed by atoms with Crippen molar-refractivity contribution in [2.75, 3.05) is 5.75 Å². The lowest BCUT2D eigenvalue weighted by Crippen LogP contribution is -2.37. The first-order valence-corrected chi connectivity index (χ1v) is 8.97. The van der Waals surface area contributed by atoms with Crippen LogP contribution in [0.5, 0.6) is 0 Å². The van der Waals surface area contributed by atoms with Crippen LogP contribution in [-0.2, 0) is 9.84 Å². The minimum absolute atomic E-state index is 0.289. The van der Waals surface area contributed by atoms with Gasteiger partial charge in [0, 0.05) is 14.2 Å². The first kappa shape index (κ1) is 13.5. The summed E-state index contributed by atoms with van der Waals surface area (Å²) in [4.78, 5) is 2.11. The summed E-state index contributed by atoms with van der Waals surface area (Å²) in [7, 11) is -3.01.